The van der Waals surface area contributed by atoms with E-state index in [0.29, 0.717) is 43.6 Å². The predicted octanol–water partition coefficient (Wildman–Crippen LogP) is 4.28. The molecule has 3 aromatic rings. The molecule has 0 radical (unpaired) electrons. The smallest absolute Gasteiger partial charge is 0.243 e. The third-order valence-corrected chi connectivity index (χ3v) is 8.42. The van der Waals surface area contributed by atoms with Gasteiger partial charge in [-0.05, 0) is 55.3 Å². The molecule has 2 heterocycles. The van der Waals surface area contributed by atoms with Gasteiger partial charge in [-0.15, -0.1) is 11.3 Å². The summed E-state index contributed by atoms with van der Waals surface area (Å²) in [6, 6.07) is 7.42. The minimum atomic E-state index is -3.72. The van der Waals surface area contributed by atoms with Gasteiger partial charge in [0.15, 0.2) is 5.78 Å². The lowest BCUT2D eigenvalue weighted by Crippen LogP contribution is -2.32. The first kappa shape index (κ1) is 21.2. The van der Waals surface area contributed by atoms with Crippen molar-refractivity contribution in [2.75, 3.05) is 20.3 Å². The minimum Gasteiger partial charge on any atom is -0.385 e. The van der Waals surface area contributed by atoms with Gasteiger partial charge in [0.05, 0.1) is 4.90 Å². The number of fused-ring (bicyclic) bond motifs is 3. The number of carbonyl (C=O) groups excluding carboxylic acids is 1. The SMILES string of the molecule is COCCCN(Cc1cccs1)S(=O)(=O)c1cc2[nH]c3c(c2cc1C)C(=O)CCC3. The Morgan fingerprint density at radius 2 is 2.10 bits per heavy atom. The molecule has 0 saturated heterocycles. The van der Waals surface area contributed by atoms with E-state index in [0.717, 1.165) is 34.4 Å². The number of thiophene rings is 1. The summed E-state index contributed by atoms with van der Waals surface area (Å²) in [6.07, 6.45) is 2.82. The lowest BCUT2D eigenvalue weighted by atomic mass is 9.94. The van der Waals surface area contributed by atoms with Crippen LogP contribution in [0.5, 0.6) is 0 Å². The second-order valence-corrected chi connectivity index (χ2v) is 10.6. The average Bonchev–Trinajstić information content (AvgIpc) is 3.34. The van der Waals surface area contributed by atoms with Crippen molar-refractivity contribution in [3.05, 3.63) is 51.3 Å². The lowest BCUT2D eigenvalue weighted by molar-refractivity contribution is 0.0974. The van der Waals surface area contributed by atoms with Gasteiger partial charge in [-0.1, -0.05) is 6.07 Å². The van der Waals surface area contributed by atoms with Crippen LogP contribution in [0.3, 0.4) is 0 Å². The summed E-state index contributed by atoms with van der Waals surface area (Å²) in [5.41, 5.74) is 3.03. The summed E-state index contributed by atoms with van der Waals surface area (Å²) < 4.78 is 33.9. The highest BCUT2D eigenvalue weighted by Gasteiger charge is 2.29. The number of sulfonamides is 1. The van der Waals surface area contributed by atoms with Crippen molar-refractivity contribution in [3.8, 4) is 0 Å². The molecule has 0 fully saturated rings. The largest absolute Gasteiger partial charge is 0.385 e. The number of ketones is 1. The summed E-state index contributed by atoms with van der Waals surface area (Å²) in [7, 11) is -2.10. The van der Waals surface area contributed by atoms with E-state index in [1.54, 1.807) is 31.4 Å². The Labute approximate surface area is 180 Å². The van der Waals surface area contributed by atoms with E-state index in [9.17, 15) is 13.2 Å². The van der Waals surface area contributed by atoms with Gasteiger partial charge in [-0.2, -0.15) is 4.31 Å². The van der Waals surface area contributed by atoms with Crippen molar-refractivity contribution >= 4 is 38.0 Å². The summed E-state index contributed by atoms with van der Waals surface area (Å²) in [5, 5.41) is 2.78. The molecule has 0 spiro atoms. The number of ether oxygens (including phenoxy) is 1. The predicted molar refractivity (Wildman–Crippen MR) is 119 cm³/mol. The number of Topliss-reactive ketones (excluding diaryl/α,β-unsaturated/α-hetero) is 1. The fourth-order valence-corrected chi connectivity index (χ4v) is 6.60. The fraction of sp³-hybridized carbons (Fsp3) is 0.409. The number of aryl methyl sites for hydroxylation is 2. The lowest BCUT2D eigenvalue weighted by Gasteiger charge is -2.23. The molecule has 6 nitrogen and oxygen atoms in total. The van der Waals surface area contributed by atoms with Crippen molar-refractivity contribution in [1.82, 2.24) is 9.29 Å². The Kier molecular flexibility index (Phi) is 6.11. The third kappa shape index (κ3) is 3.97. The fourth-order valence-electron chi connectivity index (χ4n) is 4.11. The number of H-pyrrole nitrogens is 1. The summed E-state index contributed by atoms with van der Waals surface area (Å²) in [6.45, 7) is 3.02. The summed E-state index contributed by atoms with van der Waals surface area (Å²) in [4.78, 5) is 17.0. The van der Waals surface area contributed by atoms with Crippen LogP contribution in [0.2, 0.25) is 0 Å². The van der Waals surface area contributed by atoms with E-state index >= 15 is 0 Å². The quantitative estimate of drug-likeness (QED) is 0.524. The Balaban J connectivity index is 1.75. The van der Waals surface area contributed by atoms with Crippen LogP contribution in [0.1, 0.15) is 45.8 Å². The van der Waals surface area contributed by atoms with Crippen LogP contribution in [-0.2, 0) is 27.7 Å². The summed E-state index contributed by atoms with van der Waals surface area (Å²) >= 11 is 1.55. The molecule has 1 aromatic carbocycles. The number of nitrogens with one attached hydrogen (secondary N) is 1. The molecule has 8 heteroatoms. The number of aromatic amines is 1. The van der Waals surface area contributed by atoms with Crippen molar-refractivity contribution < 1.29 is 17.9 Å². The molecule has 0 atom stereocenters. The van der Waals surface area contributed by atoms with Crippen molar-refractivity contribution in [1.29, 1.82) is 0 Å². The Hall–Kier alpha value is -2.00. The Morgan fingerprint density at radius 1 is 1.27 bits per heavy atom. The molecule has 2 aromatic heterocycles. The monoisotopic (exact) mass is 446 g/mol. The maximum absolute atomic E-state index is 13.6. The number of hydrogen-bond acceptors (Lipinski definition) is 5. The molecule has 1 aliphatic rings. The molecule has 0 bridgehead atoms. The zero-order valence-corrected chi connectivity index (χ0v) is 18.9. The third-order valence-electron chi connectivity index (χ3n) is 5.57. The summed E-state index contributed by atoms with van der Waals surface area (Å²) in [5.74, 6) is 0.136. The highest BCUT2D eigenvalue weighted by molar-refractivity contribution is 7.89. The number of rotatable bonds is 8. The van der Waals surface area contributed by atoms with Gasteiger partial charge < -0.3 is 9.72 Å². The van der Waals surface area contributed by atoms with Crippen LogP contribution in [0, 0.1) is 6.92 Å². The van der Waals surface area contributed by atoms with Gasteiger partial charge in [0.2, 0.25) is 10.0 Å². The highest BCUT2D eigenvalue weighted by atomic mass is 32.2. The molecule has 0 amide bonds. The molecule has 0 saturated carbocycles. The van der Waals surface area contributed by atoms with Gasteiger partial charge in [-0.25, -0.2) is 8.42 Å². The normalized spacial score (nSPS) is 14.6. The van der Waals surface area contributed by atoms with E-state index in [1.165, 1.54) is 4.31 Å². The zero-order valence-electron chi connectivity index (χ0n) is 17.2. The molecule has 1 aliphatic carbocycles. The molecule has 0 aliphatic heterocycles. The van der Waals surface area contributed by atoms with Gasteiger partial charge >= 0.3 is 0 Å². The van der Waals surface area contributed by atoms with Crippen LogP contribution < -0.4 is 0 Å². The van der Waals surface area contributed by atoms with E-state index in [1.807, 2.05) is 23.6 Å². The van der Waals surface area contributed by atoms with Crippen molar-refractivity contribution in [3.63, 3.8) is 0 Å². The Bertz CT molecular complexity index is 1160. The van der Waals surface area contributed by atoms with Crippen LogP contribution in [0.15, 0.2) is 34.5 Å². The second-order valence-electron chi connectivity index (χ2n) is 7.68. The Morgan fingerprint density at radius 3 is 2.83 bits per heavy atom. The second kappa shape index (κ2) is 8.63. The molecule has 0 unspecified atom stereocenters. The number of carbonyl (C=O) groups is 1. The average molecular weight is 447 g/mol. The molecule has 30 heavy (non-hydrogen) atoms. The van der Waals surface area contributed by atoms with Gasteiger partial charge in [0, 0.05) is 60.3 Å². The van der Waals surface area contributed by atoms with Gasteiger partial charge in [-0.3, -0.25) is 4.79 Å². The number of benzene rings is 1. The van der Waals surface area contributed by atoms with Gasteiger partial charge in [0.1, 0.15) is 0 Å². The number of nitrogens with zero attached hydrogens (tertiary/aromatic N) is 1. The first-order chi connectivity index (χ1) is 14.4. The first-order valence-electron chi connectivity index (χ1n) is 10.1. The van der Waals surface area contributed by atoms with Crippen molar-refractivity contribution in [2.24, 2.45) is 0 Å². The highest BCUT2D eigenvalue weighted by Crippen LogP contribution is 2.33. The van der Waals surface area contributed by atoms with E-state index in [4.69, 9.17) is 4.74 Å². The van der Waals surface area contributed by atoms with Crippen LogP contribution >= 0.6 is 11.3 Å². The minimum absolute atomic E-state index is 0.136. The van der Waals surface area contributed by atoms with Gasteiger partial charge in [0.25, 0.3) is 0 Å². The van der Waals surface area contributed by atoms with Crippen LogP contribution in [-0.4, -0.2) is 43.8 Å². The topological polar surface area (TPSA) is 79.5 Å². The van der Waals surface area contributed by atoms with Crippen molar-refractivity contribution in [2.45, 2.75) is 44.0 Å². The van der Waals surface area contributed by atoms with Crippen LogP contribution in [0.25, 0.3) is 10.9 Å². The molecule has 4 rings (SSSR count). The molecule has 1 N–H and O–H groups in total. The van der Waals surface area contributed by atoms with E-state index in [2.05, 4.69) is 4.98 Å². The van der Waals surface area contributed by atoms with Crippen LogP contribution in [0.4, 0.5) is 0 Å². The van der Waals surface area contributed by atoms with E-state index < -0.39 is 10.0 Å². The number of methoxy groups -OCH3 is 1. The standard InChI is InChI=1S/C22H26N2O4S2/c1-15-12-17-19(23-18-7-3-8-20(25)22(17)18)13-21(15)30(26,27)24(9-5-10-28-2)14-16-6-4-11-29-16/h4,6,11-13,23H,3,5,7-10,14H2,1-2H3. The molecular formula is C22H26N2O4S2. The maximum atomic E-state index is 13.6. The molecule has 160 valence electrons. The number of aromatic nitrogens is 1. The number of hydrogen-bond donors (Lipinski definition) is 1. The maximum Gasteiger partial charge on any atom is 0.243 e. The molecular weight excluding hydrogens is 420 g/mol. The first-order valence-corrected chi connectivity index (χ1v) is 12.4. The zero-order chi connectivity index (χ0) is 21.3. The van der Waals surface area contributed by atoms with E-state index in [-0.39, 0.29) is 10.7 Å².